The van der Waals surface area contributed by atoms with Gasteiger partial charge in [0, 0.05) is 24.6 Å². The number of hydrogen-bond acceptors (Lipinski definition) is 9. The molecule has 57 heavy (non-hydrogen) atoms. The molecule has 11 nitrogen and oxygen atoms in total. The summed E-state index contributed by atoms with van der Waals surface area (Å²) in [6, 6.07) is 30.0. The van der Waals surface area contributed by atoms with Crippen LogP contribution >= 0.6 is 0 Å². The van der Waals surface area contributed by atoms with Crippen molar-refractivity contribution in [3.63, 3.8) is 0 Å². The second-order valence-corrected chi connectivity index (χ2v) is 15.2. The van der Waals surface area contributed by atoms with E-state index in [1.807, 2.05) is 66.7 Å². The predicted molar refractivity (Wildman–Crippen MR) is 217 cm³/mol. The first-order valence-electron chi connectivity index (χ1n) is 19.0. The van der Waals surface area contributed by atoms with Crippen LogP contribution in [0.5, 0.6) is 11.5 Å². The molecule has 1 amide bonds. The second kappa shape index (κ2) is 16.6. The molecule has 0 aromatic heterocycles. The fraction of sp³-hybridized carbons (Fsp3) is 0.304. The van der Waals surface area contributed by atoms with Crippen molar-refractivity contribution >= 4 is 23.0 Å². The Morgan fingerprint density at radius 1 is 0.895 bits per heavy atom. The molecule has 1 aliphatic carbocycles. The number of amides is 1. The monoisotopic (exact) mass is 770 g/mol. The third kappa shape index (κ3) is 8.70. The minimum atomic E-state index is -0.958. The molecule has 294 valence electrons. The highest BCUT2D eigenvalue weighted by molar-refractivity contribution is 5.86. The van der Waals surface area contributed by atoms with E-state index in [2.05, 4.69) is 6.07 Å². The number of ether oxygens (including phenoxy) is 3. The molecule has 0 unspecified atom stereocenters. The maximum Gasteiger partial charge on any atom is 0.309 e. The number of aliphatic hydroxyl groups is 1. The number of fused-ring (bicyclic) bond motifs is 2. The number of benzene rings is 5. The van der Waals surface area contributed by atoms with Gasteiger partial charge in [-0.3, -0.25) is 14.4 Å². The molecule has 7 rings (SSSR count). The lowest BCUT2D eigenvalue weighted by atomic mass is 9.86. The van der Waals surface area contributed by atoms with Crippen LogP contribution in [-0.4, -0.2) is 71.5 Å². The summed E-state index contributed by atoms with van der Waals surface area (Å²) >= 11 is 0. The molecular weight excluding hydrogens is 725 g/mol. The fourth-order valence-electron chi connectivity index (χ4n) is 7.51. The van der Waals surface area contributed by atoms with Crippen molar-refractivity contribution in [2.75, 3.05) is 27.4 Å². The molecule has 2 heterocycles. The molecule has 3 aliphatic rings. The molecule has 0 spiro atoms. The SMILES string of the molecule is COc1ccc(-c2cccc(COC[C@@H]3C[C@@H](O)CN3C(=O)CCc3cc4nc5ccc(CC(C)(C)C(=O)O)cc5oc-4cc3=O)c2-c2ccc(OC)cc2)cc1. The quantitative estimate of drug-likeness (QED) is 0.107. The molecule has 2 N–H and O–H groups in total. The van der Waals surface area contributed by atoms with Crippen LogP contribution < -0.4 is 14.9 Å². The number of rotatable bonds is 14. The number of carbonyl (C=O) groups is 2. The van der Waals surface area contributed by atoms with Crippen LogP contribution in [0.1, 0.15) is 43.4 Å². The third-order valence-electron chi connectivity index (χ3n) is 10.7. The van der Waals surface area contributed by atoms with Gasteiger partial charge in [0.05, 0.1) is 45.0 Å². The lowest BCUT2D eigenvalue weighted by Crippen LogP contribution is -2.38. The Bertz CT molecular complexity index is 2420. The molecule has 11 heteroatoms. The van der Waals surface area contributed by atoms with Crippen molar-refractivity contribution in [1.82, 2.24) is 9.88 Å². The Balaban J connectivity index is 1.04. The summed E-state index contributed by atoms with van der Waals surface area (Å²) in [5.74, 6) is 0.762. The lowest BCUT2D eigenvalue weighted by molar-refractivity contribution is -0.146. The molecule has 4 aromatic carbocycles. The van der Waals surface area contributed by atoms with Crippen molar-refractivity contribution in [1.29, 1.82) is 0 Å². The molecule has 2 atom stereocenters. The van der Waals surface area contributed by atoms with E-state index in [1.54, 1.807) is 51.2 Å². The fourth-order valence-corrected chi connectivity index (χ4v) is 7.51. The zero-order valence-corrected chi connectivity index (χ0v) is 32.5. The highest BCUT2D eigenvalue weighted by atomic mass is 16.5. The van der Waals surface area contributed by atoms with Crippen molar-refractivity contribution in [3.05, 3.63) is 124 Å². The summed E-state index contributed by atoms with van der Waals surface area (Å²) in [7, 11) is 3.28. The topological polar surface area (TPSA) is 149 Å². The Labute approximate surface area is 330 Å². The summed E-state index contributed by atoms with van der Waals surface area (Å²) < 4.78 is 23.2. The van der Waals surface area contributed by atoms with Gasteiger partial charge in [-0.05, 0) is 109 Å². The van der Waals surface area contributed by atoms with E-state index in [1.165, 1.54) is 6.07 Å². The number of carboxylic acid groups (broad SMARTS) is 1. The number of hydrogen-bond donors (Lipinski definition) is 2. The number of likely N-dealkylation sites (tertiary alicyclic amines) is 1. The third-order valence-corrected chi connectivity index (χ3v) is 10.7. The number of carbonyl (C=O) groups excluding carboxylic acids is 1. The summed E-state index contributed by atoms with van der Waals surface area (Å²) in [6.45, 7) is 4.03. The average molecular weight is 771 g/mol. The highest BCUT2D eigenvalue weighted by Gasteiger charge is 2.34. The number of aliphatic hydroxyl groups excluding tert-OH is 1. The highest BCUT2D eigenvalue weighted by Crippen LogP contribution is 2.37. The number of carboxylic acids is 1. The van der Waals surface area contributed by atoms with Gasteiger partial charge in [0.1, 0.15) is 22.7 Å². The van der Waals surface area contributed by atoms with Crippen molar-refractivity contribution < 1.29 is 38.4 Å². The molecule has 0 saturated carbocycles. The summed E-state index contributed by atoms with van der Waals surface area (Å²) in [5, 5.41) is 20.2. The van der Waals surface area contributed by atoms with Gasteiger partial charge < -0.3 is 33.7 Å². The van der Waals surface area contributed by atoms with Crippen LogP contribution in [0.3, 0.4) is 0 Å². The van der Waals surface area contributed by atoms with Gasteiger partial charge in [-0.1, -0.05) is 48.5 Å². The zero-order valence-electron chi connectivity index (χ0n) is 32.5. The van der Waals surface area contributed by atoms with Gasteiger partial charge in [-0.25, -0.2) is 4.98 Å². The Morgan fingerprint density at radius 2 is 1.60 bits per heavy atom. The standard InChI is InChI=1S/C46H46N2O9/c1-46(2,45(52)53)24-28-8-18-38-41(20-28)57-42-23-40(50)31(21-39(42)47-38)13-19-43(51)48-25-34(49)22-33(48)27-56-26-32-6-5-7-37(29-9-14-35(54-3)15-10-29)44(32)30-11-16-36(55-4)17-12-30/h5-12,14-18,20-21,23,33-34,49H,13,19,22,24-27H2,1-4H3,(H,52,53)/t33-,34+/m0/s1. The molecule has 0 bridgehead atoms. The van der Waals surface area contributed by atoms with Crippen LogP contribution in [0.2, 0.25) is 0 Å². The number of nitrogens with zero attached hydrogens (tertiary/aromatic N) is 2. The predicted octanol–water partition coefficient (Wildman–Crippen LogP) is 7.41. The van der Waals surface area contributed by atoms with Crippen molar-refractivity contribution in [2.24, 2.45) is 5.41 Å². The van der Waals surface area contributed by atoms with Crippen LogP contribution in [0.15, 0.2) is 106 Å². The van der Waals surface area contributed by atoms with Crippen LogP contribution in [0.25, 0.3) is 44.8 Å². The second-order valence-electron chi connectivity index (χ2n) is 15.2. The first kappa shape index (κ1) is 39.2. The first-order valence-corrected chi connectivity index (χ1v) is 19.0. The number of aryl methyl sites for hydroxylation is 1. The van der Waals surface area contributed by atoms with E-state index in [0.29, 0.717) is 41.0 Å². The average Bonchev–Trinajstić information content (AvgIpc) is 3.59. The van der Waals surface area contributed by atoms with Gasteiger partial charge in [0.25, 0.3) is 0 Å². The lowest BCUT2D eigenvalue weighted by Gasteiger charge is -2.25. The van der Waals surface area contributed by atoms with Gasteiger partial charge in [0.15, 0.2) is 16.8 Å². The Morgan fingerprint density at radius 3 is 2.28 bits per heavy atom. The summed E-state index contributed by atoms with van der Waals surface area (Å²) in [4.78, 5) is 44.8. The molecule has 1 saturated heterocycles. The number of aliphatic carboxylic acids is 1. The minimum Gasteiger partial charge on any atom is -0.497 e. The van der Waals surface area contributed by atoms with Crippen LogP contribution in [0.4, 0.5) is 0 Å². The summed E-state index contributed by atoms with van der Waals surface area (Å²) in [6.07, 6.45) is 0.279. The summed E-state index contributed by atoms with van der Waals surface area (Å²) in [5.41, 5.74) is 6.55. The van der Waals surface area contributed by atoms with E-state index in [9.17, 15) is 24.6 Å². The van der Waals surface area contributed by atoms with E-state index in [0.717, 1.165) is 44.9 Å². The van der Waals surface area contributed by atoms with Gasteiger partial charge in [-0.15, -0.1) is 0 Å². The minimum absolute atomic E-state index is 0.0724. The van der Waals surface area contributed by atoms with Gasteiger partial charge >= 0.3 is 5.97 Å². The van der Waals surface area contributed by atoms with E-state index in [-0.39, 0.29) is 50.0 Å². The van der Waals surface area contributed by atoms with Crippen molar-refractivity contribution in [3.8, 4) is 45.2 Å². The molecule has 0 radical (unpaired) electrons. The molecular formula is C46H46N2O9. The Kier molecular flexibility index (Phi) is 11.4. The van der Waals surface area contributed by atoms with Crippen LogP contribution in [-0.2, 0) is 33.8 Å². The molecule has 4 aromatic rings. The molecule has 1 fully saturated rings. The van der Waals surface area contributed by atoms with E-state index < -0.39 is 17.5 Å². The van der Waals surface area contributed by atoms with E-state index in [4.69, 9.17) is 23.6 Å². The first-order chi connectivity index (χ1) is 27.4. The van der Waals surface area contributed by atoms with Gasteiger partial charge in [-0.2, -0.15) is 0 Å². The Hall–Kier alpha value is -6.04. The van der Waals surface area contributed by atoms with Gasteiger partial charge in [0.2, 0.25) is 5.91 Å². The number of methoxy groups -OCH3 is 2. The van der Waals surface area contributed by atoms with E-state index >= 15 is 0 Å². The normalized spacial score (nSPS) is 15.6. The molecule has 2 aliphatic heterocycles. The largest absolute Gasteiger partial charge is 0.497 e. The number of aromatic nitrogens is 1. The maximum absolute atomic E-state index is 13.6. The van der Waals surface area contributed by atoms with Crippen molar-refractivity contribution in [2.45, 2.75) is 58.3 Å². The zero-order chi connectivity index (χ0) is 40.3. The number of β-amino-alcohol motifs (C(OH)–C–C–N with tert-alkyl or cyclic N) is 1. The smallest absolute Gasteiger partial charge is 0.309 e. The maximum atomic E-state index is 13.6. The van der Waals surface area contributed by atoms with Crippen LogP contribution in [0, 0.1) is 5.41 Å².